The van der Waals surface area contributed by atoms with E-state index >= 15 is 0 Å². The third kappa shape index (κ3) is 2.84. The molecule has 0 bridgehead atoms. The number of alkyl halides is 1. The fraction of sp³-hybridized carbons (Fsp3) is 0.462. The zero-order valence-electron chi connectivity index (χ0n) is 10.9. The van der Waals surface area contributed by atoms with Crippen LogP contribution in [0.25, 0.3) is 10.8 Å². The van der Waals surface area contributed by atoms with Gasteiger partial charge in [0, 0.05) is 49.1 Å². The lowest BCUT2D eigenvalue weighted by atomic mass is 10.2. The van der Waals surface area contributed by atoms with Crippen LogP contribution in [-0.4, -0.2) is 45.2 Å². The minimum atomic E-state index is -0.770. The molecule has 2 aromatic heterocycles. The van der Waals surface area contributed by atoms with Gasteiger partial charge in [-0.1, -0.05) is 0 Å². The van der Waals surface area contributed by atoms with E-state index in [1.165, 1.54) is 0 Å². The maximum absolute atomic E-state index is 13.5. The summed E-state index contributed by atoms with van der Waals surface area (Å²) in [5.41, 5.74) is 5.70. The van der Waals surface area contributed by atoms with Crippen LogP contribution in [0.3, 0.4) is 0 Å². The van der Waals surface area contributed by atoms with Crippen LogP contribution in [0.4, 0.5) is 4.39 Å². The highest BCUT2D eigenvalue weighted by Crippen LogP contribution is 2.26. The molecule has 7 heteroatoms. The average molecular weight is 293 g/mol. The normalized spacial score (nSPS) is 23.3. The van der Waals surface area contributed by atoms with Gasteiger partial charge in [-0.2, -0.15) is 0 Å². The first-order valence-corrected chi connectivity index (χ1v) is 7.38. The van der Waals surface area contributed by atoms with Crippen molar-refractivity contribution < 1.29 is 4.39 Å². The largest absolute Gasteiger partial charge is 0.329 e. The fourth-order valence-electron chi connectivity index (χ4n) is 2.45. The van der Waals surface area contributed by atoms with Gasteiger partial charge in [0.05, 0.1) is 0 Å². The number of halogens is 1. The Balaban J connectivity index is 1.72. The SMILES string of the molecule is NC[C@@H]1C[C@H](F)CN1Cc1cnc(-c2ncccn2)s1. The number of nitrogens with two attached hydrogens (primary N) is 1. The minimum absolute atomic E-state index is 0.128. The lowest BCUT2D eigenvalue weighted by Crippen LogP contribution is -2.34. The molecule has 1 fully saturated rings. The molecule has 1 aliphatic rings. The Labute approximate surface area is 120 Å². The molecule has 2 N–H and O–H groups in total. The van der Waals surface area contributed by atoms with Crippen LogP contribution in [0.5, 0.6) is 0 Å². The predicted molar refractivity (Wildman–Crippen MR) is 75.9 cm³/mol. The van der Waals surface area contributed by atoms with Gasteiger partial charge in [0.2, 0.25) is 0 Å². The Morgan fingerprint density at radius 2 is 2.15 bits per heavy atom. The van der Waals surface area contributed by atoms with Crippen molar-refractivity contribution >= 4 is 11.3 Å². The van der Waals surface area contributed by atoms with E-state index in [-0.39, 0.29) is 6.04 Å². The molecule has 1 saturated heterocycles. The van der Waals surface area contributed by atoms with Crippen LogP contribution < -0.4 is 5.73 Å². The summed E-state index contributed by atoms with van der Waals surface area (Å²) in [5, 5.41) is 0.792. The molecule has 0 amide bonds. The third-order valence-electron chi connectivity index (χ3n) is 3.42. The predicted octanol–water partition coefficient (Wildman–Crippen LogP) is 1.47. The highest BCUT2D eigenvalue weighted by Gasteiger charge is 2.31. The van der Waals surface area contributed by atoms with Gasteiger partial charge in [-0.05, 0) is 12.5 Å². The summed E-state index contributed by atoms with van der Waals surface area (Å²) in [5.74, 6) is 0.629. The van der Waals surface area contributed by atoms with E-state index in [0.717, 1.165) is 9.88 Å². The zero-order chi connectivity index (χ0) is 13.9. The number of aromatic nitrogens is 3. The van der Waals surface area contributed by atoms with Crippen molar-refractivity contribution in [3.8, 4) is 10.8 Å². The van der Waals surface area contributed by atoms with Crippen molar-refractivity contribution in [1.29, 1.82) is 0 Å². The molecule has 5 nitrogen and oxygen atoms in total. The topological polar surface area (TPSA) is 67.9 Å². The van der Waals surface area contributed by atoms with E-state index in [9.17, 15) is 4.39 Å². The van der Waals surface area contributed by atoms with E-state index in [2.05, 4.69) is 19.9 Å². The monoisotopic (exact) mass is 293 g/mol. The van der Waals surface area contributed by atoms with Gasteiger partial charge in [0.25, 0.3) is 0 Å². The number of rotatable bonds is 4. The van der Waals surface area contributed by atoms with Crippen molar-refractivity contribution in [3.63, 3.8) is 0 Å². The highest BCUT2D eigenvalue weighted by atomic mass is 32.1. The molecule has 3 heterocycles. The molecular formula is C13H16FN5S. The Morgan fingerprint density at radius 3 is 2.90 bits per heavy atom. The van der Waals surface area contributed by atoms with E-state index in [0.29, 0.717) is 31.9 Å². The molecular weight excluding hydrogens is 277 g/mol. The minimum Gasteiger partial charge on any atom is -0.329 e. The smallest absolute Gasteiger partial charge is 0.188 e. The fourth-order valence-corrected chi connectivity index (χ4v) is 3.34. The second-order valence-electron chi connectivity index (χ2n) is 4.86. The molecule has 2 aromatic rings. The first-order valence-electron chi connectivity index (χ1n) is 6.56. The lowest BCUT2D eigenvalue weighted by Gasteiger charge is -2.21. The van der Waals surface area contributed by atoms with E-state index < -0.39 is 6.17 Å². The second kappa shape index (κ2) is 5.90. The number of likely N-dealkylation sites (tertiary alicyclic amines) is 1. The van der Waals surface area contributed by atoms with Gasteiger partial charge in [0.15, 0.2) is 10.8 Å². The summed E-state index contributed by atoms with van der Waals surface area (Å²) in [6.45, 7) is 1.64. The molecule has 0 spiro atoms. The van der Waals surface area contributed by atoms with E-state index in [4.69, 9.17) is 5.73 Å². The lowest BCUT2D eigenvalue weighted by molar-refractivity contribution is 0.240. The molecule has 0 aromatic carbocycles. The van der Waals surface area contributed by atoms with Gasteiger partial charge < -0.3 is 5.73 Å². The number of hydrogen-bond donors (Lipinski definition) is 1. The van der Waals surface area contributed by atoms with Crippen molar-refractivity contribution in [2.24, 2.45) is 5.73 Å². The van der Waals surface area contributed by atoms with Crippen LogP contribution in [0, 0.1) is 0 Å². The van der Waals surface area contributed by atoms with E-state index in [1.54, 1.807) is 29.8 Å². The van der Waals surface area contributed by atoms with Crippen molar-refractivity contribution in [2.45, 2.75) is 25.2 Å². The first kappa shape index (κ1) is 13.5. The third-order valence-corrected chi connectivity index (χ3v) is 4.40. The Hall–Kier alpha value is -1.44. The molecule has 1 aliphatic heterocycles. The quantitative estimate of drug-likeness (QED) is 0.924. The average Bonchev–Trinajstić information content (AvgIpc) is 3.07. The zero-order valence-corrected chi connectivity index (χ0v) is 11.8. The van der Waals surface area contributed by atoms with Crippen LogP contribution >= 0.6 is 11.3 Å². The van der Waals surface area contributed by atoms with Crippen molar-refractivity contribution in [1.82, 2.24) is 19.9 Å². The van der Waals surface area contributed by atoms with Crippen molar-refractivity contribution in [3.05, 3.63) is 29.5 Å². The van der Waals surface area contributed by atoms with Gasteiger partial charge in [-0.25, -0.2) is 19.3 Å². The summed E-state index contributed by atoms with van der Waals surface area (Å²) in [6.07, 6.45) is 4.97. The Kier molecular flexibility index (Phi) is 4.00. The van der Waals surface area contributed by atoms with Crippen LogP contribution in [0.2, 0.25) is 0 Å². The number of hydrogen-bond acceptors (Lipinski definition) is 6. The maximum atomic E-state index is 13.5. The summed E-state index contributed by atoms with van der Waals surface area (Å²) < 4.78 is 13.5. The highest BCUT2D eigenvalue weighted by molar-refractivity contribution is 7.14. The van der Waals surface area contributed by atoms with Crippen molar-refractivity contribution in [2.75, 3.05) is 13.1 Å². The molecule has 20 heavy (non-hydrogen) atoms. The Morgan fingerprint density at radius 1 is 1.35 bits per heavy atom. The molecule has 0 radical (unpaired) electrons. The number of thiazole rings is 1. The van der Waals surface area contributed by atoms with Crippen LogP contribution in [0.15, 0.2) is 24.7 Å². The maximum Gasteiger partial charge on any atom is 0.188 e. The molecule has 0 unspecified atom stereocenters. The van der Waals surface area contributed by atoms with Gasteiger partial charge >= 0.3 is 0 Å². The first-order chi connectivity index (χ1) is 9.76. The summed E-state index contributed by atoms with van der Waals surface area (Å²) in [7, 11) is 0. The van der Waals surface area contributed by atoms with Gasteiger partial charge in [-0.15, -0.1) is 11.3 Å². The second-order valence-corrected chi connectivity index (χ2v) is 5.97. The molecule has 3 rings (SSSR count). The Bertz CT molecular complexity index is 561. The van der Waals surface area contributed by atoms with E-state index in [1.807, 2.05) is 6.20 Å². The molecule has 0 aliphatic carbocycles. The summed E-state index contributed by atoms with van der Waals surface area (Å²) >= 11 is 1.55. The van der Waals surface area contributed by atoms with Gasteiger partial charge in [-0.3, -0.25) is 4.90 Å². The summed E-state index contributed by atoms with van der Waals surface area (Å²) in [6, 6.07) is 1.90. The standard InChI is InChI=1S/C13H16FN5S/c14-9-4-10(5-15)19(7-9)8-11-6-18-13(20-11)12-16-2-1-3-17-12/h1-3,6,9-10H,4-5,7-8,15H2/t9-,10-/m0/s1. The molecule has 106 valence electrons. The van der Waals surface area contributed by atoms with Crippen LogP contribution in [0.1, 0.15) is 11.3 Å². The molecule has 0 saturated carbocycles. The van der Waals surface area contributed by atoms with Gasteiger partial charge in [0.1, 0.15) is 6.17 Å². The molecule has 2 atom stereocenters. The number of nitrogens with zero attached hydrogens (tertiary/aromatic N) is 4. The van der Waals surface area contributed by atoms with Crippen LogP contribution in [-0.2, 0) is 6.54 Å². The summed E-state index contributed by atoms with van der Waals surface area (Å²) in [4.78, 5) is 15.9.